The largest absolute Gasteiger partial charge is 0.430 e. The SMILES string of the molecule is CC(C)(c1ccc(C(O)(C(F)(F)F)C(F)(F)F)cc1)S(=O)(=O)c1ccccc1. The van der Waals surface area contributed by atoms with Crippen LogP contribution in [0.2, 0.25) is 0 Å². The van der Waals surface area contributed by atoms with Crippen molar-refractivity contribution in [3.8, 4) is 0 Å². The zero-order valence-corrected chi connectivity index (χ0v) is 15.5. The van der Waals surface area contributed by atoms with Gasteiger partial charge in [0.2, 0.25) is 0 Å². The predicted octanol–water partition coefficient (Wildman–Crippen LogP) is 4.71. The molecule has 0 aliphatic rings. The Morgan fingerprint density at radius 3 is 1.50 bits per heavy atom. The minimum atomic E-state index is -6.02. The second-order valence-electron chi connectivity index (χ2n) is 6.61. The second kappa shape index (κ2) is 6.77. The molecule has 0 bridgehead atoms. The van der Waals surface area contributed by atoms with Gasteiger partial charge < -0.3 is 5.11 Å². The molecule has 0 saturated carbocycles. The maximum absolute atomic E-state index is 13.0. The van der Waals surface area contributed by atoms with Gasteiger partial charge in [0.15, 0.2) is 9.84 Å². The monoisotopic (exact) mass is 426 g/mol. The van der Waals surface area contributed by atoms with Gasteiger partial charge in [0, 0.05) is 5.56 Å². The molecule has 0 aliphatic heterocycles. The van der Waals surface area contributed by atoms with E-state index in [-0.39, 0.29) is 10.5 Å². The van der Waals surface area contributed by atoms with Gasteiger partial charge in [-0.15, -0.1) is 0 Å². The van der Waals surface area contributed by atoms with Crippen molar-refractivity contribution in [2.75, 3.05) is 0 Å². The lowest BCUT2D eigenvalue weighted by Crippen LogP contribution is -2.53. The zero-order chi connectivity index (χ0) is 21.6. The third-order valence-electron chi connectivity index (χ3n) is 4.54. The van der Waals surface area contributed by atoms with Crippen molar-refractivity contribution >= 4 is 9.84 Å². The maximum Gasteiger partial charge on any atom is 0.430 e. The minimum Gasteiger partial charge on any atom is -0.369 e. The summed E-state index contributed by atoms with van der Waals surface area (Å²) in [6.07, 6.45) is -12.0. The third kappa shape index (κ3) is 3.39. The Morgan fingerprint density at radius 2 is 1.11 bits per heavy atom. The highest BCUT2D eigenvalue weighted by Gasteiger charge is 2.71. The molecule has 0 saturated heterocycles. The van der Waals surface area contributed by atoms with E-state index in [9.17, 15) is 39.9 Å². The average Bonchev–Trinajstić information content (AvgIpc) is 2.59. The molecule has 28 heavy (non-hydrogen) atoms. The van der Waals surface area contributed by atoms with Crippen LogP contribution in [-0.4, -0.2) is 25.9 Å². The van der Waals surface area contributed by atoms with Gasteiger partial charge in [0.05, 0.1) is 9.64 Å². The Morgan fingerprint density at radius 1 is 0.714 bits per heavy atom. The van der Waals surface area contributed by atoms with Gasteiger partial charge in [0.1, 0.15) is 0 Å². The van der Waals surface area contributed by atoms with Crippen LogP contribution in [0.4, 0.5) is 26.3 Å². The molecule has 0 heterocycles. The lowest BCUT2D eigenvalue weighted by atomic mass is 9.90. The van der Waals surface area contributed by atoms with Crippen LogP contribution in [0.3, 0.4) is 0 Å². The molecule has 3 nitrogen and oxygen atoms in total. The van der Waals surface area contributed by atoms with Crippen LogP contribution in [0.25, 0.3) is 0 Å². The van der Waals surface area contributed by atoms with E-state index in [4.69, 9.17) is 0 Å². The number of benzene rings is 2. The molecule has 154 valence electrons. The van der Waals surface area contributed by atoms with Crippen LogP contribution in [0, 0.1) is 0 Å². The van der Waals surface area contributed by atoms with Crippen LogP contribution in [0.15, 0.2) is 59.5 Å². The molecule has 0 aromatic heterocycles. The molecule has 0 aliphatic carbocycles. The first-order valence-electron chi connectivity index (χ1n) is 7.83. The fourth-order valence-electron chi connectivity index (χ4n) is 2.65. The molecule has 1 N–H and O–H groups in total. The first-order valence-corrected chi connectivity index (χ1v) is 9.31. The van der Waals surface area contributed by atoms with E-state index < -0.39 is 38.1 Å². The molecule has 0 radical (unpaired) electrons. The molecule has 2 rings (SSSR count). The number of rotatable bonds is 4. The van der Waals surface area contributed by atoms with Crippen molar-refractivity contribution in [3.63, 3.8) is 0 Å². The summed E-state index contributed by atoms with van der Waals surface area (Å²) in [5.74, 6) is 0. The molecule has 10 heteroatoms. The fraction of sp³-hybridized carbons (Fsp3) is 0.333. The van der Waals surface area contributed by atoms with Crippen LogP contribution >= 0.6 is 0 Å². The van der Waals surface area contributed by atoms with Crippen molar-refractivity contribution < 1.29 is 39.9 Å². The summed E-state index contributed by atoms with van der Waals surface area (Å²) in [6.45, 7) is 2.56. The maximum atomic E-state index is 13.0. The Hall–Kier alpha value is -2.07. The van der Waals surface area contributed by atoms with Gasteiger partial charge in [-0.05, 0) is 31.5 Å². The second-order valence-corrected chi connectivity index (χ2v) is 9.11. The van der Waals surface area contributed by atoms with E-state index >= 15 is 0 Å². The number of sulfone groups is 1. The van der Waals surface area contributed by atoms with Gasteiger partial charge in [-0.25, -0.2) is 8.42 Å². The average molecular weight is 426 g/mol. The summed E-state index contributed by atoms with van der Waals surface area (Å²) in [6, 6.07) is 9.75. The van der Waals surface area contributed by atoms with Gasteiger partial charge in [-0.2, -0.15) is 26.3 Å². The fourth-order valence-corrected chi connectivity index (χ4v) is 4.20. The van der Waals surface area contributed by atoms with Crippen molar-refractivity contribution in [3.05, 3.63) is 65.7 Å². The topological polar surface area (TPSA) is 54.4 Å². The molecule has 0 spiro atoms. The molecule has 0 fully saturated rings. The number of halogens is 6. The summed E-state index contributed by atoms with van der Waals surface area (Å²) >= 11 is 0. The first kappa shape index (κ1) is 22.2. The molecular formula is C18H16F6O3S. The molecule has 2 aromatic rings. The van der Waals surface area contributed by atoms with Crippen molar-refractivity contribution in [2.24, 2.45) is 0 Å². The van der Waals surface area contributed by atoms with E-state index in [1.54, 1.807) is 6.07 Å². The highest BCUT2D eigenvalue weighted by molar-refractivity contribution is 7.92. The number of hydrogen-bond acceptors (Lipinski definition) is 3. The summed E-state index contributed by atoms with van der Waals surface area (Å²) in [7, 11) is -4.00. The molecule has 0 unspecified atom stereocenters. The van der Waals surface area contributed by atoms with Gasteiger partial charge in [-0.3, -0.25) is 0 Å². The van der Waals surface area contributed by atoms with Crippen LogP contribution in [0.1, 0.15) is 25.0 Å². The van der Waals surface area contributed by atoms with Gasteiger partial charge in [0.25, 0.3) is 5.60 Å². The van der Waals surface area contributed by atoms with Crippen molar-refractivity contribution in [1.29, 1.82) is 0 Å². The van der Waals surface area contributed by atoms with Gasteiger partial charge in [-0.1, -0.05) is 42.5 Å². The lowest BCUT2D eigenvalue weighted by Gasteiger charge is -2.33. The molecular weight excluding hydrogens is 410 g/mol. The third-order valence-corrected chi connectivity index (χ3v) is 7.02. The standard InChI is InChI=1S/C18H16F6O3S/c1-15(2,28(26,27)14-6-4-3-5-7-14)12-8-10-13(11-9-12)16(25,17(19,20)21)18(22,23)24/h3-11,25H,1-2H3. The molecule has 2 aromatic carbocycles. The van der Waals surface area contributed by atoms with E-state index in [2.05, 4.69) is 0 Å². The highest BCUT2D eigenvalue weighted by atomic mass is 32.2. The lowest BCUT2D eigenvalue weighted by molar-refractivity contribution is -0.376. The van der Waals surface area contributed by atoms with E-state index in [1.165, 1.54) is 38.1 Å². The molecule has 0 atom stereocenters. The van der Waals surface area contributed by atoms with E-state index in [1.807, 2.05) is 0 Å². The van der Waals surface area contributed by atoms with Crippen LogP contribution < -0.4 is 0 Å². The quantitative estimate of drug-likeness (QED) is 0.721. The van der Waals surface area contributed by atoms with E-state index in [0.29, 0.717) is 12.1 Å². The number of alkyl halides is 6. The Balaban J connectivity index is 2.55. The first-order chi connectivity index (χ1) is 12.6. The molecule has 0 amide bonds. The normalized spacial score (nSPS) is 14.2. The Kier molecular flexibility index (Phi) is 5.37. The minimum absolute atomic E-state index is 0.0354. The smallest absolute Gasteiger partial charge is 0.369 e. The zero-order valence-electron chi connectivity index (χ0n) is 14.6. The Labute approximate surface area is 157 Å². The van der Waals surface area contributed by atoms with E-state index in [0.717, 1.165) is 12.1 Å². The summed E-state index contributed by atoms with van der Waals surface area (Å²) in [4.78, 5) is -0.0498. The van der Waals surface area contributed by atoms with Crippen LogP contribution in [-0.2, 0) is 20.2 Å². The summed E-state index contributed by atoms with van der Waals surface area (Å²) in [5, 5.41) is 9.42. The van der Waals surface area contributed by atoms with Gasteiger partial charge >= 0.3 is 12.4 Å². The van der Waals surface area contributed by atoms with Crippen LogP contribution in [0.5, 0.6) is 0 Å². The summed E-state index contributed by atoms with van der Waals surface area (Å²) < 4.78 is 102. The van der Waals surface area contributed by atoms with Crippen molar-refractivity contribution in [2.45, 2.75) is 41.4 Å². The Bertz CT molecular complexity index is 916. The summed E-state index contributed by atoms with van der Waals surface area (Å²) in [5.41, 5.74) is -6.56. The number of hydrogen-bond donors (Lipinski definition) is 1. The highest BCUT2D eigenvalue weighted by Crippen LogP contribution is 2.50. The predicted molar refractivity (Wildman–Crippen MR) is 89.1 cm³/mol. The number of aliphatic hydroxyl groups is 1. The van der Waals surface area contributed by atoms with Crippen molar-refractivity contribution in [1.82, 2.24) is 0 Å².